The number of nitrogens with one attached hydrogen (secondary N) is 1. The number of fused-ring (bicyclic) bond motifs is 1. The second kappa shape index (κ2) is 8.41. The molecule has 2 aromatic carbocycles. The lowest BCUT2D eigenvalue weighted by Crippen LogP contribution is -2.49. The topological polar surface area (TPSA) is 72.5 Å². The van der Waals surface area contributed by atoms with Gasteiger partial charge in [-0.05, 0) is 55.7 Å². The number of amides is 1. The van der Waals surface area contributed by atoms with Crippen LogP contribution in [-0.4, -0.2) is 60.0 Å². The fourth-order valence-corrected chi connectivity index (χ4v) is 4.49. The largest absolute Gasteiger partial charge is 0.372 e. The number of nitrogens with zero attached hydrogens (tertiary/aromatic N) is 4. The van der Waals surface area contributed by atoms with Crippen molar-refractivity contribution in [2.75, 3.05) is 49.1 Å². The highest BCUT2D eigenvalue weighted by molar-refractivity contribution is 5.94. The maximum absolute atomic E-state index is 13.0. The van der Waals surface area contributed by atoms with Gasteiger partial charge in [0.15, 0.2) is 0 Å². The molecular weight excluding hydrogens is 390 g/mol. The molecule has 0 bridgehead atoms. The highest BCUT2D eigenvalue weighted by Crippen LogP contribution is 2.21. The molecule has 0 atom stereocenters. The predicted molar refractivity (Wildman–Crippen MR) is 123 cm³/mol. The Morgan fingerprint density at radius 3 is 2.26 bits per heavy atom. The standard InChI is InChI=1S/C24H27N5O2/c30-22-20-6-2-3-7-21(20)25-24(26-22)29-16-14-28(15-17-29)23(31)18-8-10-19(11-9-18)27-12-4-1-5-13-27/h2-3,6-11H,1,4-5,12-17H2,(H,25,26,30). The van der Waals surface area contributed by atoms with Crippen LogP contribution < -0.4 is 15.4 Å². The molecule has 2 aliphatic rings. The summed E-state index contributed by atoms with van der Waals surface area (Å²) < 4.78 is 0. The van der Waals surface area contributed by atoms with E-state index in [0.717, 1.165) is 18.7 Å². The number of anilines is 2. The lowest BCUT2D eigenvalue weighted by atomic mass is 10.1. The van der Waals surface area contributed by atoms with E-state index in [1.807, 2.05) is 40.1 Å². The van der Waals surface area contributed by atoms with E-state index in [0.29, 0.717) is 43.0 Å². The molecule has 0 saturated carbocycles. The summed E-state index contributed by atoms with van der Waals surface area (Å²) in [5.41, 5.74) is 2.49. The van der Waals surface area contributed by atoms with Gasteiger partial charge < -0.3 is 14.7 Å². The first-order valence-corrected chi connectivity index (χ1v) is 11.1. The van der Waals surface area contributed by atoms with Crippen molar-refractivity contribution in [3.8, 4) is 0 Å². The van der Waals surface area contributed by atoms with Gasteiger partial charge in [-0.3, -0.25) is 14.6 Å². The third kappa shape index (κ3) is 4.00. The molecule has 31 heavy (non-hydrogen) atoms. The molecule has 2 saturated heterocycles. The smallest absolute Gasteiger partial charge is 0.260 e. The summed E-state index contributed by atoms with van der Waals surface area (Å²) in [4.78, 5) is 39.1. The lowest BCUT2D eigenvalue weighted by Gasteiger charge is -2.35. The zero-order valence-corrected chi connectivity index (χ0v) is 17.6. The van der Waals surface area contributed by atoms with E-state index >= 15 is 0 Å². The molecule has 7 nitrogen and oxygen atoms in total. The highest BCUT2D eigenvalue weighted by Gasteiger charge is 2.24. The third-order valence-electron chi connectivity index (χ3n) is 6.30. The minimum atomic E-state index is -0.132. The third-order valence-corrected chi connectivity index (χ3v) is 6.30. The van der Waals surface area contributed by atoms with Crippen molar-refractivity contribution in [1.82, 2.24) is 14.9 Å². The number of hydrogen-bond acceptors (Lipinski definition) is 5. The monoisotopic (exact) mass is 417 g/mol. The number of aromatic nitrogens is 2. The van der Waals surface area contributed by atoms with E-state index in [1.54, 1.807) is 6.07 Å². The summed E-state index contributed by atoms with van der Waals surface area (Å²) in [6.07, 6.45) is 3.78. The molecule has 3 heterocycles. The summed E-state index contributed by atoms with van der Waals surface area (Å²) >= 11 is 0. The summed E-state index contributed by atoms with van der Waals surface area (Å²) in [6, 6.07) is 15.4. The molecule has 1 aromatic heterocycles. The fraction of sp³-hybridized carbons (Fsp3) is 0.375. The normalized spacial score (nSPS) is 17.2. The van der Waals surface area contributed by atoms with Gasteiger partial charge in [-0.1, -0.05) is 12.1 Å². The average molecular weight is 418 g/mol. The van der Waals surface area contributed by atoms with Crippen LogP contribution >= 0.6 is 0 Å². The molecule has 2 fully saturated rings. The van der Waals surface area contributed by atoms with Gasteiger partial charge in [-0.2, -0.15) is 0 Å². The van der Waals surface area contributed by atoms with Crippen molar-refractivity contribution < 1.29 is 4.79 Å². The van der Waals surface area contributed by atoms with Gasteiger partial charge >= 0.3 is 0 Å². The van der Waals surface area contributed by atoms with Crippen LogP contribution in [0, 0.1) is 0 Å². The first-order chi connectivity index (χ1) is 15.2. The number of benzene rings is 2. The molecular formula is C24H27N5O2. The molecule has 7 heteroatoms. The summed E-state index contributed by atoms with van der Waals surface area (Å²) in [5.74, 6) is 0.631. The molecule has 3 aromatic rings. The van der Waals surface area contributed by atoms with Gasteiger partial charge in [0.2, 0.25) is 5.95 Å². The van der Waals surface area contributed by atoms with E-state index in [9.17, 15) is 9.59 Å². The van der Waals surface area contributed by atoms with Crippen LogP contribution in [0.15, 0.2) is 53.3 Å². The molecule has 1 N–H and O–H groups in total. The lowest BCUT2D eigenvalue weighted by molar-refractivity contribution is 0.0746. The van der Waals surface area contributed by atoms with Crippen molar-refractivity contribution in [1.29, 1.82) is 0 Å². The molecule has 0 spiro atoms. The number of piperidine rings is 1. The maximum atomic E-state index is 13.0. The van der Waals surface area contributed by atoms with Crippen LogP contribution in [0.4, 0.5) is 11.6 Å². The Morgan fingerprint density at radius 1 is 0.806 bits per heavy atom. The second-order valence-electron chi connectivity index (χ2n) is 8.28. The molecule has 0 aliphatic carbocycles. The quantitative estimate of drug-likeness (QED) is 0.710. The van der Waals surface area contributed by atoms with E-state index in [2.05, 4.69) is 27.0 Å². The number of hydrogen-bond donors (Lipinski definition) is 1. The minimum Gasteiger partial charge on any atom is -0.372 e. The highest BCUT2D eigenvalue weighted by atomic mass is 16.2. The second-order valence-corrected chi connectivity index (χ2v) is 8.28. The van der Waals surface area contributed by atoms with E-state index < -0.39 is 0 Å². The number of carbonyl (C=O) groups excluding carboxylic acids is 1. The Kier molecular flexibility index (Phi) is 5.32. The predicted octanol–water partition coefficient (Wildman–Crippen LogP) is 2.88. The van der Waals surface area contributed by atoms with Crippen molar-refractivity contribution in [2.24, 2.45) is 0 Å². The Morgan fingerprint density at radius 2 is 1.52 bits per heavy atom. The number of carbonyl (C=O) groups is 1. The number of rotatable bonds is 3. The summed E-state index contributed by atoms with van der Waals surface area (Å²) in [7, 11) is 0. The van der Waals surface area contributed by atoms with Crippen LogP contribution in [0.25, 0.3) is 10.9 Å². The van der Waals surface area contributed by atoms with Crippen molar-refractivity contribution >= 4 is 28.4 Å². The van der Waals surface area contributed by atoms with Gasteiger partial charge in [0, 0.05) is 50.5 Å². The van der Waals surface area contributed by atoms with Crippen LogP contribution in [0.3, 0.4) is 0 Å². The number of piperazine rings is 1. The molecule has 1 amide bonds. The number of H-pyrrole nitrogens is 1. The van der Waals surface area contributed by atoms with Gasteiger partial charge in [-0.25, -0.2) is 4.98 Å². The van der Waals surface area contributed by atoms with Gasteiger partial charge in [-0.15, -0.1) is 0 Å². The number of para-hydroxylation sites is 1. The SMILES string of the molecule is O=C(c1ccc(N2CCCCC2)cc1)N1CCN(c2nc3ccccc3c(=O)[nH]2)CC1. The Hall–Kier alpha value is -3.35. The maximum Gasteiger partial charge on any atom is 0.260 e. The van der Waals surface area contributed by atoms with Crippen molar-refractivity contribution in [3.05, 3.63) is 64.4 Å². The zero-order valence-electron chi connectivity index (χ0n) is 17.6. The van der Waals surface area contributed by atoms with Crippen LogP contribution in [-0.2, 0) is 0 Å². The molecule has 0 radical (unpaired) electrons. The van der Waals surface area contributed by atoms with E-state index in [-0.39, 0.29) is 11.5 Å². The van der Waals surface area contributed by atoms with E-state index in [1.165, 1.54) is 24.9 Å². The summed E-state index contributed by atoms with van der Waals surface area (Å²) in [5, 5.41) is 0.591. The summed E-state index contributed by atoms with van der Waals surface area (Å²) in [6.45, 7) is 4.67. The van der Waals surface area contributed by atoms with Crippen LogP contribution in [0.1, 0.15) is 29.6 Å². The van der Waals surface area contributed by atoms with Gasteiger partial charge in [0.1, 0.15) is 0 Å². The zero-order chi connectivity index (χ0) is 21.2. The Labute approximate surface area is 181 Å². The van der Waals surface area contributed by atoms with E-state index in [4.69, 9.17) is 0 Å². The first kappa shape index (κ1) is 19.6. The average Bonchev–Trinajstić information content (AvgIpc) is 2.84. The minimum absolute atomic E-state index is 0.0600. The molecule has 2 aliphatic heterocycles. The van der Waals surface area contributed by atoms with Crippen molar-refractivity contribution in [2.45, 2.75) is 19.3 Å². The fourth-order valence-electron chi connectivity index (χ4n) is 4.49. The molecule has 0 unspecified atom stereocenters. The molecule has 160 valence electrons. The van der Waals surface area contributed by atoms with Gasteiger partial charge in [0.05, 0.1) is 10.9 Å². The Bertz CT molecular complexity index is 1130. The van der Waals surface area contributed by atoms with Crippen LogP contribution in [0.5, 0.6) is 0 Å². The Balaban J connectivity index is 1.24. The van der Waals surface area contributed by atoms with Crippen molar-refractivity contribution in [3.63, 3.8) is 0 Å². The van der Waals surface area contributed by atoms with Crippen LogP contribution in [0.2, 0.25) is 0 Å². The molecule has 5 rings (SSSR count). The first-order valence-electron chi connectivity index (χ1n) is 11.1. The number of aromatic amines is 1. The van der Waals surface area contributed by atoms with Gasteiger partial charge in [0.25, 0.3) is 11.5 Å².